The molecule has 74 heavy (non-hydrogen) atoms. The van der Waals surface area contributed by atoms with E-state index in [1.54, 1.807) is 0 Å². The lowest BCUT2D eigenvalue weighted by Gasteiger charge is -2.21. The molecule has 11 nitrogen and oxygen atoms in total. The lowest BCUT2D eigenvalue weighted by atomic mass is 10.0. The van der Waals surface area contributed by atoms with Crippen LogP contribution in [0.3, 0.4) is 0 Å². The lowest BCUT2D eigenvalue weighted by molar-refractivity contribution is -0.161. The highest BCUT2D eigenvalue weighted by atomic mass is 31.2. The number of allylic oxidation sites excluding steroid dienone is 4. The van der Waals surface area contributed by atoms with Crippen LogP contribution < -0.4 is 0 Å². The van der Waals surface area contributed by atoms with Crippen LogP contribution in [0.4, 0.5) is 0 Å². The molecule has 0 saturated carbocycles. The number of carbonyl (C=O) groups excluding carboxylic acids is 3. The van der Waals surface area contributed by atoms with Crippen molar-refractivity contribution in [2.45, 2.75) is 328 Å². The maximum absolute atomic E-state index is 12.9. The first-order chi connectivity index (χ1) is 36.2. The fraction of sp³-hybridized carbons (Fsp3) is 0.887. The van der Waals surface area contributed by atoms with E-state index in [4.69, 9.17) is 23.3 Å². The van der Waals surface area contributed by atoms with E-state index < -0.39 is 57.8 Å². The molecule has 12 heteroatoms. The Morgan fingerprint density at radius 3 is 1.03 bits per heavy atom. The second-order valence-corrected chi connectivity index (χ2v) is 22.7. The number of hydrogen-bond donors (Lipinski definition) is 2. The smallest absolute Gasteiger partial charge is 0.462 e. The molecule has 0 aromatic heterocycles. The van der Waals surface area contributed by atoms with Gasteiger partial charge in [-0.15, -0.1) is 0 Å². The Bertz CT molecular complexity index is 1340. The number of esters is 3. The molecule has 0 aromatic rings. The zero-order valence-corrected chi connectivity index (χ0v) is 49.2. The number of phosphoric ester groups is 1. The van der Waals surface area contributed by atoms with Gasteiger partial charge < -0.3 is 24.2 Å². The molecule has 0 spiro atoms. The van der Waals surface area contributed by atoms with E-state index in [-0.39, 0.29) is 25.9 Å². The maximum Gasteiger partial charge on any atom is 0.472 e. The minimum Gasteiger partial charge on any atom is -0.462 e. The highest BCUT2D eigenvalue weighted by Gasteiger charge is 2.28. The quantitative estimate of drug-likeness (QED) is 0.0197. The zero-order chi connectivity index (χ0) is 54.1. The molecule has 0 bridgehead atoms. The van der Waals surface area contributed by atoms with E-state index >= 15 is 0 Å². The summed E-state index contributed by atoms with van der Waals surface area (Å²) < 4.78 is 39.6. The van der Waals surface area contributed by atoms with Crippen LogP contribution in [0, 0.1) is 0 Å². The number of aliphatic hydroxyl groups is 1. The average Bonchev–Trinajstić information content (AvgIpc) is 3.39. The van der Waals surface area contributed by atoms with E-state index in [1.807, 2.05) is 0 Å². The average molecular weight is 1070 g/mol. The molecule has 0 heterocycles. The molecule has 436 valence electrons. The summed E-state index contributed by atoms with van der Waals surface area (Å²) in [6.45, 7) is 4.68. The summed E-state index contributed by atoms with van der Waals surface area (Å²) in [6, 6.07) is 0. The van der Waals surface area contributed by atoms with Gasteiger partial charge in [-0.25, -0.2) is 4.57 Å². The second kappa shape index (κ2) is 57.1. The van der Waals surface area contributed by atoms with Gasteiger partial charge in [0.1, 0.15) is 12.7 Å². The van der Waals surface area contributed by atoms with Gasteiger partial charge in [-0.05, 0) is 51.4 Å². The van der Waals surface area contributed by atoms with Gasteiger partial charge in [0.15, 0.2) is 6.10 Å². The number of carbonyl (C=O) groups is 3. The monoisotopic (exact) mass is 1070 g/mol. The highest BCUT2D eigenvalue weighted by molar-refractivity contribution is 7.47. The van der Waals surface area contributed by atoms with Gasteiger partial charge in [-0.3, -0.25) is 23.4 Å². The van der Waals surface area contributed by atoms with Crippen molar-refractivity contribution in [2.75, 3.05) is 26.4 Å². The van der Waals surface area contributed by atoms with Crippen molar-refractivity contribution in [1.29, 1.82) is 0 Å². The Kier molecular flexibility index (Phi) is 55.6. The van der Waals surface area contributed by atoms with Crippen LogP contribution in [0.1, 0.15) is 316 Å². The second-order valence-electron chi connectivity index (χ2n) is 21.2. The number of ether oxygens (including phenoxy) is 3. The summed E-state index contributed by atoms with van der Waals surface area (Å²) in [5.41, 5.74) is 0. The minimum absolute atomic E-state index is 0.166. The molecule has 0 aliphatic carbocycles. The molecule has 3 atom stereocenters. The van der Waals surface area contributed by atoms with E-state index in [1.165, 1.54) is 173 Å². The molecule has 0 radical (unpaired) electrons. The molecule has 0 amide bonds. The minimum atomic E-state index is -4.75. The van der Waals surface area contributed by atoms with Gasteiger partial charge in [0, 0.05) is 19.3 Å². The molecular weight excluding hydrogens is 952 g/mol. The van der Waals surface area contributed by atoms with Crippen LogP contribution in [0.2, 0.25) is 0 Å². The van der Waals surface area contributed by atoms with E-state index in [0.29, 0.717) is 19.3 Å². The zero-order valence-electron chi connectivity index (χ0n) is 48.3. The summed E-state index contributed by atoms with van der Waals surface area (Å²) in [5.74, 6) is -1.45. The highest BCUT2D eigenvalue weighted by Crippen LogP contribution is 2.43. The van der Waals surface area contributed by atoms with Gasteiger partial charge in [0.05, 0.1) is 19.8 Å². The number of rotatable bonds is 59. The number of phosphoric acid groups is 1. The Labute approximate surface area is 455 Å². The third-order valence-corrected chi connectivity index (χ3v) is 14.8. The topological polar surface area (TPSA) is 155 Å². The van der Waals surface area contributed by atoms with Crippen molar-refractivity contribution in [3.63, 3.8) is 0 Å². The van der Waals surface area contributed by atoms with Crippen molar-refractivity contribution >= 4 is 25.7 Å². The van der Waals surface area contributed by atoms with Gasteiger partial charge in [-0.2, -0.15) is 0 Å². The molecule has 0 saturated heterocycles. The summed E-state index contributed by atoms with van der Waals surface area (Å²) in [5, 5.41) is 9.83. The Morgan fingerprint density at radius 2 is 0.662 bits per heavy atom. The first-order valence-electron chi connectivity index (χ1n) is 31.2. The Hall–Kier alpha value is -2.04. The van der Waals surface area contributed by atoms with Crippen molar-refractivity contribution in [2.24, 2.45) is 0 Å². The molecule has 0 aliphatic heterocycles. The molecule has 0 aliphatic rings. The molecule has 0 rings (SSSR count). The van der Waals surface area contributed by atoms with Crippen molar-refractivity contribution in [3.8, 4) is 0 Å². The predicted molar refractivity (Wildman–Crippen MR) is 307 cm³/mol. The van der Waals surface area contributed by atoms with Crippen molar-refractivity contribution in [1.82, 2.24) is 0 Å². The number of aliphatic hydroxyl groups excluding tert-OH is 1. The fourth-order valence-corrected chi connectivity index (χ4v) is 9.88. The van der Waals surface area contributed by atoms with Crippen LogP contribution in [0.15, 0.2) is 24.3 Å². The van der Waals surface area contributed by atoms with E-state index in [0.717, 1.165) is 83.5 Å². The van der Waals surface area contributed by atoms with E-state index in [2.05, 4.69) is 45.1 Å². The standard InChI is InChI=1S/C62H117O11P/c1-4-7-10-13-16-19-22-25-28-29-32-35-38-41-44-47-50-53-62(66)73-59(55-69-60(64)51-48-45-42-39-36-33-30-26-23-20-17-14-11-8-5-2)57-71-74(67,68)70-56-58(54-63)72-61(65)52-49-46-43-40-37-34-31-27-24-21-18-15-12-9-6-3/h18,21,27,31,58-59,63H,4-17,19-20,22-26,28-30,32-57H2,1-3H3,(H,67,68)/b21-18-,31-27-. The third kappa shape index (κ3) is 54.7. The predicted octanol–water partition coefficient (Wildman–Crippen LogP) is 18.6. The number of unbranched alkanes of at least 4 members (excludes halogenated alkanes) is 38. The first kappa shape index (κ1) is 72.0. The molecule has 2 N–H and O–H groups in total. The van der Waals surface area contributed by atoms with Crippen LogP contribution >= 0.6 is 7.82 Å². The van der Waals surface area contributed by atoms with Crippen LogP contribution in [-0.2, 0) is 42.2 Å². The maximum atomic E-state index is 12.9. The largest absolute Gasteiger partial charge is 0.472 e. The third-order valence-electron chi connectivity index (χ3n) is 13.9. The van der Waals surface area contributed by atoms with Crippen molar-refractivity contribution < 1.29 is 52.2 Å². The SMILES string of the molecule is CCCCC/C=C\C/C=C\CCCCCCCC(=O)OC(CO)COP(=O)(O)OCC(COC(=O)CCCCCCCCCCCCCCCCC)OC(=O)CCCCCCCCCCCCCCCCCCC. The summed E-state index contributed by atoms with van der Waals surface area (Å²) in [6.07, 6.45) is 58.4. The first-order valence-corrected chi connectivity index (χ1v) is 32.7. The summed E-state index contributed by atoms with van der Waals surface area (Å²) >= 11 is 0. The van der Waals surface area contributed by atoms with Gasteiger partial charge in [0.25, 0.3) is 0 Å². The molecule has 0 fully saturated rings. The summed E-state index contributed by atoms with van der Waals surface area (Å²) in [7, 11) is -4.75. The molecule has 3 unspecified atom stereocenters. The fourth-order valence-electron chi connectivity index (χ4n) is 9.10. The Morgan fingerprint density at radius 1 is 0.378 bits per heavy atom. The van der Waals surface area contributed by atoms with Crippen molar-refractivity contribution in [3.05, 3.63) is 24.3 Å². The van der Waals surface area contributed by atoms with Crippen LogP contribution in [0.25, 0.3) is 0 Å². The van der Waals surface area contributed by atoms with Crippen LogP contribution in [0.5, 0.6) is 0 Å². The lowest BCUT2D eigenvalue weighted by Crippen LogP contribution is -2.30. The van der Waals surface area contributed by atoms with Gasteiger partial charge in [-0.1, -0.05) is 270 Å². The summed E-state index contributed by atoms with van der Waals surface area (Å²) in [4.78, 5) is 48.6. The Balaban J connectivity index is 4.67. The van der Waals surface area contributed by atoms with Gasteiger partial charge >= 0.3 is 25.7 Å². The van der Waals surface area contributed by atoms with Crippen LogP contribution in [-0.4, -0.2) is 66.5 Å². The number of hydrogen-bond acceptors (Lipinski definition) is 10. The normalized spacial score (nSPS) is 13.4. The molecule has 0 aromatic carbocycles. The molecular formula is C62H117O11P. The van der Waals surface area contributed by atoms with E-state index in [9.17, 15) is 28.9 Å². The van der Waals surface area contributed by atoms with Gasteiger partial charge in [0.2, 0.25) is 0 Å².